The maximum absolute atomic E-state index is 2.42. The Labute approximate surface area is 161 Å². The van der Waals surface area contributed by atoms with Gasteiger partial charge in [0.15, 0.2) is 0 Å². The van der Waals surface area contributed by atoms with Crippen molar-refractivity contribution in [3.8, 4) is 11.1 Å². The first-order valence-corrected chi connectivity index (χ1v) is 9.97. The van der Waals surface area contributed by atoms with Crippen molar-refractivity contribution in [2.75, 3.05) is 0 Å². The summed E-state index contributed by atoms with van der Waals surface area (Å²) < 4.78 is 0. The van der Waals surface area contributed by atoms with Crippen LogP contribution in [0.25, 0.3) is 17.2 Å². The molecule has 27 heavy (non-hydrogen) atoms. The van der Waals surface area contributed by atoms with Gasteiger partial charge < -0.3 is 0 Å². The van der Waals surface area contributed by atoms with Crippen molar-refractivity contribution >= 4 is 6.08 Å². The van der Waals surface area contributed by atoms with Crippen LogP contribution in [-0.4, -0.2) is 0 Å². The molecule has 0 saturated heterocycles. The third-order valence-electron chi connectivity index (χ3n) is 6.14. The minimum atomic E-state index is 0.443. The normalized spacial score (nSPS) is 17.7. The average Bonchev–Trinajstić information content (AvgIpc) is 3.23. The zero-order chi connectivity index (χ0) is 18.2. The molecule has 3 aromatic carbocycles. The number of fused-ring (bicyclic) bond motifs is 4. The van der Waals surface area contributed by atoms with Crippen LogP contribution in [-0.2, 0) is 0 Å². The molecule has 0 fully saturated rings. The van der Waals surface area contributed by atoms with Crippen LogP contribution in [0.15, 0.2) is 90.5 Å². The molecule has 0 bridgehead atoms. The van der Waals surface area contributed by atoms with Crippen molar-refractivity contribution < 1.29 is 0 Å². The Balaban J connectivity index is 1.45. The Morgan fingerprint density at radius 3 is 2.00 bits per heavy atom. The Kier molecular flexibility index (Phi) is 4.05. The summed E-state index contributed by atoms with van der Waals surface area (Å²) in [6, 6.07) is 26.7. The zero-order valence-corrected chi connectivity index (χ0v) is 15.7. The summed E-state index contributed by atoms with van der Waals surface area (Å²) in [6.45, 7) is 2.13. The first kappa shape index (κ1) is 16.3. The zero-order valence-electron chi connectivity index (χ0n) is 15.7. The van der Waals surface area contributed by atoms with E-state index in [9.17, 15) is 0 Å². The van der Waals surface area contributed by atoms with E-state index < -0.39 is 0 Å². The maximum Gasteiger partial charge on any atom is 0.0237 e. The van der Waals surface area contributed by atoms with Crippen molar-refractivity contribution in [3.05, 3.63) is 113 Å². The fourth-order valence-electron chi connectivity index (χ4n) is 4.94. The molecular formula is C27H24. The van der Waals surface area contributed by atoms with E-state index in [1.54, 1.807) is 5.57 Å². The summed E-state index contributed by atoms with van der Waals surface area (Å²) in [6.07, 6.45) is 9.28. The van der Waals surface area contributed by atoms with Gasteiger partial charge in [-0.25, -0.2) is 0 Å². The first-order valence-electron chi connectivity index (χ1n) is 9.97. The molecule has 0 aromatic heterocycles. The number of rotatable bonds is 4. The van der Waals surface area contributed by atoms with E-state index in [4.69, 9.17) is 0 Å². The van der Waals surface area contributed by atoms with Crippen LogP contribution >= 0.6 is 0 Å². The summed E-state index contributed by atoms with van der Waals surface area (Å²) in [4.78, 5) is 0. The van der Waals surface area contributed by atoms with Crippen molar-refractivity contribution in [1.29, 1.82) is 0 Å². The summed E-state index contributed by atoms with van der Waals surface area (Å²) in [5.74, 6) is 0.950. The standard InChI is InChI=1S/C27H24/c1-2-9-21-20(18-19-10-3-4-11-22(19)21)16-17-27-25-14-7-5-12-23(25)24-13-6-8-15-26(24)27/h2-15,18,21,27H,16-17H2,1H3. The summed E-state index contributed by atoms with van der Waals surface area (Å²) in [5.41, 5.74) is 10.2. The largest absolute Gasteiger partial charge is 0.0907 e. The molecule has 132 valence electrons. The predicted molar refractivity (Wildman–Crippen MR) is 115 cm³/mol. The van der Waals surface area contributed by atoms with Crippen LogP contribution in [0.5, 0.6) is 0 Å². The molecule has 0 nitrogen and oxygen atoms in total. The van der Waals surface area contributed by atoms with Crippen molar-refractivity contribution in [2.24, 2.45) is 0 Å². The van der Waals surface area contributed by atoms with Gasteiger partial charge in [-0.3, -0.25) is 0 Å². The summed E-state index contributed by atoms with van der Waals surface area (Å²) in [5, 5.41) is 0. The fraction of sp³-hybridized carbons (Fsp3) is 0.185. The predicted octanol–water partition coefficient (Wildman–Crippen LogP) is 7.34. The number of hydrogen-bond donors (Lipinski definition) is 0. The fourth-order valence-corrected chi connectivity index (χ4v) is 4.94. The van der Waals surface area contributed by atoms with E-state index in [0.29, 0.717) is 11.8 Å². The van der Waals surface area contributed by atoms with Gasteiger partial charge in [0.1, 0.15) is 0 Å². The third-order valence-corrected chi connectivity index (χ3v) is 6.14. The molecule has 0 aliphatic heterocycles. The Morgan fingerprint density at radius 2 is 1.33 bits per heavy atom. The van der Waals surface area contributed by atoms with Gasteiger partial charge in [0, 0.05) is 11.8 Å². The topological polar surface area (TPSA) is 0 Å². The second-order valence-electron chi connectivity index (χ2n) is 7.62. The monoisotopic (exact) mass is 348 g/mol. The highest BCUT2D eigenvalue weighted by molar-refractivity contribution is 5.78. The molecule has 0 N–H and O–H groups in total. The molecular weight excluding hydrogens is 324 g/mol. The first-order chi connectivity index (χ1) is 13.4. The van der Waals surface area contributed by atoms with Crippen LogP contribution in [0.4, 0.5) is 0 Å². The average molecular weight is 348 g/mol. The molecule has 2 aliphatic rings. The Morgan fingerprint density at radius 1 is 0.741 bits per heavy atom. The summed E-state index contributed by atoms with van der Waals surface area (Å²) in [7, 11) is 0. The molecule has 0 amide bonds. The second kappa shape index (κ2) is 6.70. The SMILES string of the molecule is CC=CC1C(CCC2c3ccccc3-c3ccccc32)=Cc2ccccc21. The molecule has 1 atom stereocenters. The lowest BCUT2D eigenvalue weighted by atomic mass is 9.87. The smallest absolute Gasteiger partial charge is 0.0237 e. The minimum Gasteiger partial charge on any atom is -0.0907 e. The van der Waals surface area contributed by atoms with Gasteiger partial charge in [-0.2, -0.15) is 0 Å². The quantitative estimate of drug-likeness (QED) is 0.433. The molecule has 0 heteroatoms. The highest BCUT2D eigenvalue weighted by atomic mass is 14.3. The lowest BCUT2D eigenvalue weighted by Crippen LogP contribution is -2.01. The lowest BCUT2D eigenvalue weighted by Gasteiger charge is -2.17. The van der Waals surface area contributed by atoms with E-state index in [1.165, 1.54) is 39.8 Å². The molecule has 0 spiro atoms. The van der Waals surface area contributed by atoms with Crippen LogP contribution in [0, 0.1) is 0 Å². The Hall–Kier alpha value is -2.86. The van der Waals surface area contributed by atoms with E-state index in [2.05, 4.69) is 97.9 Å². The van der Waals surface area contributed by atoms with Crippen LogP contribution in [0.3, 0.4) is 0 Å². The van der Waals surface area contributed by atoms with E-state index in [1.807, 2.05) is 0 Å². The molecule has 0 saturated carbocycles. The molecule has 5 rings (SSSR count). The van der Waals surface area contributed by atoms with E-state index >= 15 is 0 Å². The van der Waals surface area contributed by atoms with Gasteiger partial charge in [0.2, 0.25) is 0 Å². The van der Waals surface area contributed by atoms with Crippen LogP contribution in [0.1, 0.15) is 53.9 Å². The lowest BCUT2D eigenvalue weighted by molar-refractivity contribution is 0.708. The summed E-state index contributed by atoms with van der Waals surface area (Å²) >= 11 is 0. The maximum atomic E-state index is 2.42. The highest BCUT2D eigenvalue weighted by Gasteiger charge is 2.29. The third kappa shape index (κ3) is 2.68. The number of hydrogen-bond acceptors (Lipinski definition) is 0. The second-order valence-corrected chi connectivity index (χ2v) is 7.62. The number of benzene rings is 3. The van der Waals surface area contributed by atoms with Crippen LogP contribution in [0.2, 0.25) is 0 Å². The molecule has 1 unspecified atom stereocenters. The van der Waals surface area contributed by atoms with Gasteiger partial charge in [0.25, 0.3) is 0 Å². The molecule has 2 aliphatic carbocycles. The molecule has 0 radical (unpaired) electrons. The molecule has 0 heterocycles. The van der Waals surface area contributed by atoms with Gasteiger partial charge in [-0.15, -0.1) is 0 Å². The van der Waals surface area contributed by atoms with E-state index in [0.717, 1.165) is 6.42 Å². The van der Waals surface area contributed by atoms with Gasteiger partial charge in [-0.05, 0) is 53.1 Å². The molecule has 3 aromatic rings. The van der Waals surface area contributed by atoms with Gasteiger partial charge in [0.05, 0.1) is 0 Å². The van der Waals surface area contributed by atoms with Crippen molar-refractivity contribution in [3.63, 3.8) is 0 Å². The highest BCUT2D eigenvalue weighted by Crippen LogP contribution is 2.48. The number of allylic oxidation sites excluding steroid dienone is 3. The van der Waals surface area contributed by atoms with Crippen molar-refractivity contribution in [1.82, 2.24) is 0 Å². The van der Waals surface area contributed by atoms with E-state index in [-0.39, 0.29) is 0 Å². The van der Waals surface area contributed by atoms with Crippen LogP contribution < -0.4 is 0 Å². The Bertz CT molecular complexity index is 1010. The van der Waals surface area contributed by atoms with Gasteiger partial charge in [-0.1, -0.05) is 96.6 Å². The minimum absolute atomic E-state index is 0.443. The van der Waals surface area contributed by atoms with Gasteiger partial charge >= 0.3 is 0 Å². The van der Waals surface area contributed by atoms with Crippen molar-refractivity contribution in [2.45, 2.75) is 31.6 Å².